The number of anilines is 1. The molecule has 1 aliphatic heterocycles. The fourth-order valence-corrected chi connectivity index (χ4v) is 4.76. The van der Waals surface area contributed by atoms with Crippen molar-refractivity contribution < 1.29 is 22.4 Å². The highest BCUT2D eigenvalue weighted by atomic mass is 32.2. The first-order valence-corrected chi connectivity index (χ1v) is 12.2. The molecule has 2 N–H and O–H groups in total. The maximum Gasteiger partial charge on any atom is 0.304 e. The Hall–Kier alpha value is -2.44. The summed E-state index contributed by atoms with van der Waals surface area (Å²) in [6, 6.07) is 0.0646. The molecule has 2 aromatic rings. The van der Waals surface area contributed by atoms with Gasteiger partial charge < -0.3 is 14.5 Å². The second-order valence-corrected chi connectivity index (χ2v) is 10.1. The molecule has 1 atom stereocenters. The molecular formula is C20H32N6O5S. The summed E-state index contributed by atoms with van der Waals surface area (Å²) in [5, 5.41) is 7.63. The quantitative estimate of drug-likeness (QED) is 0.603. The molecule has 1 fully saturated rings. The van der Waals surface area contributed by atoms with E-state index in [1.165, 1.54) is 4.31 Å². The van der Waals surface area contributed by atoms with Crippen LogP contribution in [0.4, 0.5) is 6.01 Å². The summed E-state index contributed by atoms with van der Waals surface area (Å²) in [5.41, 5.74) is 1.84. The second-order valence-electron chi connectivity index (χ2n) is 8.45. The molecule has 12 heteroatoms. The zero-order chi connectivity index (χ0) is 23.5. The van der Waals surface area contributed by atoms with E-state index in [1.807, 2.05) is 10.9 Å². The van der Waals surface area contributed by atoms with Crippen molar-refractivity contribution in [1.82, 2.24) is 23.8 Å². The summed E-state index contributed by atoms with van der Waals surface area (Å²) in [6.45, 7) is 11.4. The SMILES string of the molecule is CC(C)c1cn(C(C)C)nc1CNc1nc(C(=O)NS(=O)(=O)N2CCOCCC2C)co1. The van der Waals surface area contributed by atoms with Gasteiger partial charge in [-0.1, -0.05) is 13.8 Å². The van der Waals surface area contributed by atoms with Crippen molar-refractivity contribution in [3.05, 3.63) is 29.4 Å². The van der Waals surface area contributed by atoms with Gasteiger partial charge in [0.1, 0.15) is 6.26 Å². The highest BCUT2D eigenvalue weighted by Gasteiger charge is 2.31. The molecule has 1 unspecified atom stereocenters. The van der Waals surface area contributed by atoms with Gasteiger partial charge in [-0.25, -0.2) is 4.72 Å². The lowest BCUT2D eigenvalue weighted by molar-refractivity contribution is 0.0973. The zero-order valence-electron chi connectivity index (χ0n) is 19.2. The van der Waals surface area contributed by atoms with Gasteiger partial charge in [0.05, 0.1) is 18.8 Å². The fourth-order valence-electron chi connectivity index (χ4n) is 3.41. The third kappa shape index (κ3) is 5.67. The van der Waals surface area contributed by atoms with E-state index in [9.17, 15) is 13.2 Å². The molecule has 178 valence electrons. The summed E-state index contributed by atoms with van der Waals surface area (Å²) in [6.07, 6.45) is 3.71. The first-order chi connectivity index (χ1) is 15.1. The minimum Gasteiger partial charge on any atom is -0.431 e. The molecule has 3 rings (SSSR count). The van der Waals surface area contributed by atoms with Crippen LogP contribution in [0.15, 0.2) is 16.9 Å². The lowest BCUT2D eigenvalue weighted by atomic mass is 10.0. The highest BCUT2D eigenvalue weighted by molar-refractivity contribution is 7.87. The Morgan fingerprint density at radius 1 is 1.28 bits per heavy atom. The summed E-state index contributed by atoms with van der Waals surface area (Å²) >= 11 is 0. The highest BCUT2D eigenvalue weighted by Crippen LogP contribution is 2.21. The van der Waals surface area contributed by atoms with Gasteiger partial charge in [0.15, 0.2) is 5.69 Å². The molecule has 1 aliphatic rings. The van der Waals surface area contributed by atoms with Crippen LogP contribution in [0.2, 0.25) is 0 Å². The number of hydrogen-bond donors (Lipinski definition) is 2. The number of nitrogens with one attached hydrogen (secondary N) is 2. The van der Waals surface area contributed by atoms with Crippen molar-refractivity contribution in [3.63, 3.8) is 0 Å². The minimum atomic E-state index is -4.03. The van der Waals surface area contributed by atoms with Crippen LogP contribution in [0.1, 0.15) is 74.7 Å². The normalized spacial score (nSPS) is 18.2. The smallest absolute Gasteiger partial charge is 0.304 e. The average molecular weight is 469 g/mol. The van der Waals surface area contributed by atoms with E-state index in [4.69, 9.17) is 9.15 Å². The minimum absolute atomic E-state index is 0.109. The molecule has 1 saturated heterocycles. The molecule has 0 radical (unpaired) electrons. The lowest BCUT2D eigenvalue weighted by Gasteiger charge is -2.25. The summed E-state index contributed by atoms with van der Waals surface area (Å²) in [5.74, 6) is -0.562. The van der Waals surface area contributed by atoms with Crippen LogP contribution in [0, 0.1) is 0 Å². The molecule has 2 aromatic heterocycles. The van der Waals surface area contributed by atoms with Crippen LogP contribution in [0.5, 0.6) is 0 Å². The van der Waals surface area contributed by atoms with E-state index in [0.717, 1.165) is 17.5 Å². The van der Waals surface area contributed by atoms with Crippen LogP contribution in [0.25, 0.3) is 0 Å². The van der Waals surface area contributed by atoms with E-state index >= 15 is 0 Å². The van der Waals surface area contributed by atoms with E-state index < -0.39 is 16.1 Å². The van der Waals surface area contributed by atoms with Gasteiger partial charge in [-0.3, -0.25) is 9.48 Å². The first kappa shape index (κ1) is 24.2. The van der Waals surface area contributed by atoms with Crippen LogP contribution < -0.4 is 10.0 Å². The second kappa shape index (κ2) is 10.0. The van der Waals surface area contributed by atoms with Gasteiger partial charge in [-0.2, -0.15) is 22.8 Å². The molecule has 0 saturated carbocycles. The van der Waals surface area contributed by atoms with Crippen molar-refractivity contribution in [2.45, 2.75) is 65.6 Å². The summed E-state index contributed by atoms with van der Waals surface area (Å²) < 4.78 is 41.2. The van der Waals surface area contributed by atoms with Crippen LogP contribution in [-0.4, -0.2) is 59.2 Å². The van der Waals surface area contributed by atoms with Gasteiger partial charge in [-0.15, -0.1) is 0 Å². The van der Waals surface area contributed by atoms with Gasteiger partial charge in [0.2, 0.25) is 0 Å². The Morgan fingerprint density at radius 3 is 2.72 bits per heavy atom. The topological polar surface area (TPSA) is 132 Å². The van der Waals surface area contributed by atoms with Crippen molar-refractivity contribution in [2.24, 2.45) is 0 Å². The van der Waals surface area contributed by atoms with Crippen molar-refractivity contribution >= 4 is 22.1 Å². The molecular weight excluding hydrogens is 436 g/mol. The average Bonchev–Trinajstić information content (AvgIpc) is 3.30. The summed E-state index contributed by atoms with van der Waals surface area (Å²) in [4.78, 5) is 16.6. The number of oxazole rings is 1. The molecule has 11 nitrogen and oxygen atoms in total. The number of hydrogen-bond acceptors (Lipinski definition) is 8. The van der Waals surface area contributed by atoms with E-state index in [0.29, 0.717) is 25.5 Å². The third-order valence-electron chi connectivity index (χ3n) is 5.29. The number of carbonyl (C=O) groups is 1. The molecule has 0 bridgehead atoms. The Labute approximate surface area is 188 Å². The third-order valence-corrected chi connectivity index (χ3v) is 6.90. The molecule has 32 heavy (non-hydrogen) atoms. The molecule has 0 aliphatic carbocycles. The van der Waals surface area contributed by atoms with Gasteiger partial charge in [0, 0.05) is 31.4 Å². The van der Waals surface area contributed by atoms with Crippen molar-refractivity contribution in [3.8, 4) is 0 Å². The summed E-state index contributed by atoms with van der Waals surface area (Å²) in [7, 11) is -4.03. The van der Waals surface area contributed by atoms with Gasteiger partial charge >= 0.3 is 10.2 Å². The van der Waals surface area contributed by atoms with Crippen LogP contribution >= 0.6 is 0 Å². The fraction of sp³-hybridized carbons (Fsp3) is 0.650. The number of aromatic nitrogens is 3. The van der Waals surface area contributed by atoms with E-state index in [-0.39, 0.29) is 36.9 Å². The number of carbonyl (C=O) groups excluding carboxylic acids is 1. The predicted octanol–water partition coefficient (Wildman–Crippen LogP) is 2.27. The van der Waals surface area contributed by atoms with Gasteiger partial charge in [0.25, 0.3) is 11.9 Å². The number of nitrogens with zero attached hydrogens (tertiary/aromatic N) is 4. The van der Waals surface area contributed by atoms with Crippen LogP contribution in [0.3, 0.4) is 0 Å². The first-order valence-electron chi connectivity index (χ1n) is 10.8. The Balaban J connectivity index is 1.65. The molecule has 3 heterocycles. The lowest BCUT2D eigenvalue weighted by Crippen LogP contribution is -2.48. The molecule has 1 amide bonds. The Kier molecular flexibility index (Phi) is 7.57. The zero-order valence-corrected chi connectivity index (χ0v) is 20.0. The number of amides is 1. The van der Waals surface area contributed by atoms with Gasteiger partial charge in [-0.05, 0) is 38.7 Å². The largest absolute Gasteiger partial charge is 0.431 e. The molecule has 0 aromatic carbocycles. The maximum absolute atomic E-state index is 12.7. The molecule has 0 spiro atoms. The Bertz CT molecular complexity index is 1030. The Morgan fingerprint density at radius 2 is 2.03 bits per heavy atom. The standard InChI is InChI=1S/C20H32N6O5S/c1-13(2)16-11-25(14(3)4)23-17(16)10-21-20-22-18(12-31-20)19(27)24-32(28,29)26-7-9-30-8-6-15(26)5/h11-15H,6-10H2,1-5H3,(H,21,22)(H,24,27). The van der Waals surface area contributed by atoms with Crippen molar-refractivity contribution in [2.75, 3.05) is 25.1 Å². The van der Waals surface area contributed by atoms with E-state index in [1.54, 1.807) is 6.92 Å². The van der Waals surface area contributed by atoms with Crippen molar-refractivity contribution in [1.29, 1.82) is 0 Å². The predicted molar refractivity (Wildman–Crippen MR) is 119 cm³/mol. The number of ether oxygens (including phenoxy) is 1. The van der Waals surface area contributed by atoms with Crippen LogP contribution in [-0.2, 0) is 21.5 Å². The number of rotatable bonds is 8. The van der Waals surface area contributed by atoms with E-state index in [2.05, 4.69) is 47.8 Å². The maximum atomic E-state index is 12.7. The monoisotopic (exact) mass is 468 g/mol.